The molecule has 1 amide bonds. The van der Waals surface area contributed by atoms with Gasteiger partial charge in [0.15, 0.2) is 0 Å². The molecule has 3 aromatic carbocycles. The number of carbonyl (C=O) groups is 2. The van der Waals surface area contributed by atoms with Crippen LogP contribution in [-0.4, -0.2) is 30.0 Å². The first-order chi connectivity index (χ1) is 16.7. The van der Waals surface area contributed by atoms with Gasteiger partial charge in [-0.3, -0.25) is 14.5 Å². The molecule has 0 spiro atoms. The first kappa shape index (κ1) is 24.1. The van der Waals surface area contributed by atoms with Crippen LogP contribution < -0.4 is 14.4 Å². The summed E-state index contributed by atoms with van der Waals surface area (Å²) in [6.07, 6.45) is 0.000964. The summed E-state index contributed by atoms with van der Waals surface area (Å²) in [5.41, 5.74) is 3.54. The number of carbonyl (C=O) groups excluding carboxylic acids is 2. The van der Waals surface area contributed by atoms with Crippen LogP contribution in [0, 0.1) is 13.8 Å². The van der Waals surface area contributed by atoms with E-state index in [0.717, 1.165) is 11.1 Å². The third kappa shape index (κ3) is 4.64. The monoisotopic (exact) mass is 471 g/mol. The lowest BCUT2D eigenvalue weighted by Gasteiger charge is -2.26. The topological polar surface area (TPSA) is 76.1 Å². The van der Waals surface area contributed by atoms with Gasteiger partial charge in [-0.15, -0.1) is 0 Å². The predicted octanol–water partition coefficient (Wildman–Crippen LogP) is 5.73. The van der Waals surface area contributed by atoms with Gasteiger partial charge < -0.3 is 14.6 Å². The lowest BCUT2D eigenvalue weighted by Crippen LogP contribution is -2.29. The summed E-state index contributed by atoms with van der Waals surface area (Å²) < 4.78 is 11.2. The summed E-state index contributed by atoms with van der Waals surface area (Å²) >= 11 is 0. The van der Waals surface area contributed by atoms with Gasteiger partial charge in [-0.2, -0.15) is 0 Å². The number of amides is 1. The first-order valence-electron chi connectivity index (χ1n) is 11.5. The highest BCUT2D eigenvalue weighted by atomic mass is 16.5. The average molecular weight is 472 g/mol. The van der Waals surface area contributed by atoms with Crippen molar-refractivity contribution < 1.29 is 24.2 Å². The fourth-order valence-electron chi connectivity index (χ4n) is 4.27. The van der Waals surface area contributed by atoms with Crippen molar-refractivity contribution in [3.63, 3.8) is 0 Å². The molecular weight excluding hydrogens is 442 g/mol. The van der Waals surface area contributed by atoms with Gasteiger partial charge >= 0.3 is 0 Å². The number of anilines is 1. The van der Waals surface area contributed by atoms with Crippen LogP contribution in [0.4, 0.5) is 5.69 Å². The van der Waals surface area contributed by atoms with Crippen molar-refractivity contribution in [3.8, 4) is 11.5 Å². The molecule has 1 aliphatic rings. The molecule has 1 atom stereocenters. The summed E-state index contributed by atoms with van der Waals surface area (Å²) in [6, 6.07) is 18.9. The Hall–Kier alpha value is -4.06. The minimum atomic E-state index is -0.820. The zero-order chi connectivity index (χ0) is 25.3. The van der Waals surface area contributed by atoms with E-state index in [0.29, 0.717) is 28.3 Å². The van der Waals surface area contributed by atoms with Gasteiger partial charge in [0.1, 0.15) is 17.3 Å². The third-order valence-electron chi connectivity index (χ3n) is 5.98. The van der Waals surface area contributed by atoms with Crippen LogP contribution in [0.1, 0.15) is 42.1 Å². The van der Waals surface area contributed by atoms with Gasteiger partial charge in [0.25, 0.3) is 11.7 Å². The third-order valence-corrected chi connectivity index (χ3v) is 5.98. The lowest BCUT2D eigenvalue weighted by molar-refractivity contribution is -0.132. The zero-order valence-electron chi connectivity index (χ0n) is 20.5. The Bertz CT molecular complexity index is 1310. The van der Waals surface area contributed by atoms with E-state index in [-0.39, 0.29) is 17.4 Å². The summed E-state index contributed by atoms with van der Waals surface area (Å²) in [6.45, 7) is 7.70. The van der Waals surface area contributed by atoms with Crippen LogP contribution in [0.5, 0.6) is 11.5 Å². The normalized spacial score (nSPS) is 17.2. The maximum absolute atomic E-state index is 13.3. The Morgan fingerprint density at radius 3 is 2.31 bits per heavy atom. The summed E-state index contributed by atoms with van der Waals surface area (Å²) in [7, 11) is 1.56. The minimum absolute atomic E-state index is 0.000964. The van der Waals surface area contributed by atoms with Gasteiger partial charge in [0, 0.05) is 11.3 Å². The van der Waals surface area contributed by atoms with Crippen LogP contribution in [0.25, 0.3) is 5.76 Å². The highest BCUT2D eigenvalue weighted by Gasteiger charge is 2.47. The molecule has 0 radical (unpaired) electrons. The number of methoxy groups -OCH3 is 1. The molecule has 0 saturated carbocycles. The molecule has 1 aliphatic heterocycles. The van der Waals surface area contributed by atoms with Crippen molar-refractivity contribution in [1.29, 1.82) is 0 Å². The highest BCUT2D eigenvalue weighted by molar-refractivity contribution is 6.51. The first-order valence-corrected chi connectivity index (χ1v) is 11.5. The van der Waals surface area contributed by atoms with Crippen molar-refractivity contribution in [2.45, 2.75) is 39.8 Å². The molecule has 0 aliphatic carbocycles. The SMILES string of the molecule is COc1cccc(C2/C(=C(\O)c3ccc(OC(C)C)c(C)c3)C(=O)C(=O)N2c2ccc(C)cc2)c1. The fraction of sp³-hybridized carbons (Fsp3) is 0.241. The van der Waals surface area contributed by atoms with Crippen LogP contribution in [0.15, 0.2) is 72.3 Å². The Balaban J connectivity index is 1.90. The molecule has 1 unspecified atom stereocenters. The molecule has 35 heavy (non-hydrogen) atoms. The maximum Gasteiger partial charge on any atom is 0.300 e. The largest absolute Gasteiger partial charge is 0.507 e. The summed E-state index contributed by atoms with van der Waals surface area (Å²) in [5.74, 6) is -0.384. The number of aryl methyl sites for hydroxylation is 2. The fourth-order valence-corrected chi connectivity index (χ4v) is 4.27. The predicted molar refractivity (Wildman–Crippen MR) is 136 cm³/mol. The zero-order valence-corrected chi connectivity index (χ0v) is 20.5. The molecular formula is C29H29NO5. The minimum Gasteiger partial charge on any atom is -0.507 e. The van der Waals surface area contributed by atoms with Gasteiger partial charge in [-0.1, -0.05) is 29.8 Å². The Labute approximate surface area is 205 Å². The summed E-state index contributed by atoms with van der Waals surface area (Å²) in [5, 5.41) is 11.4. The number of aliphatic hydroxyl groups is 1. The van der Waals surface area contributed by atoms with Crippen LogP contribution >= 0.6 is 0 Å². The Morgan fingerprint density at radius 1 is 0.971 bits per heavy atom. The molecule has 1 N–H and O–H groups in total. The van der Waals surface area contributed by atoms with E-state index in [2.05, 4.69) is 0 Å². The van der Waals surface area contributed by atoms with Crippen LogP contribution in [0.2, 0.25) is 0 Å². The molecule has 6 heteroatoms. The van der Waals surface area contributed by atoms with Gasteiger partial charge in [0.2, 0.25) is 0 Å². The van der Waals surface area contributed by atoms with E-state index < -0.39 is 17.7 Å². The van der Waals surface area contributed by atoms with Crippen molar-refractivity contribution >= 4 is 23.1 Å². The second-order valence-corrected chi connectivity index (χ2v) is 8.93. The standard InChI is InChI=1S/C29H29NO5/c1-17(2)35-24-14-11-21(15-19(24)4)27(31)25-26(20-7-6-8-23(16-20)34-5)30(29(33)28(25)32)22-12-9-18(3)10-13-22/h6-17,26,31H,1-5H3/b27-25+. The van der Waals surface area contributed by atoms with Gasteiger partial charge in [0.05, 0.1) is 24.8 Å². The van der Waals surface area contributed by atoms with E-state index >= 15 is 0 Å². The maximum atomic E-state index is 13.3. The van der Waals surface area contributed by atoms with Crippen LogP contribution in [0.3, 0.4) is 0 Å². The smallest absolute Gasteiger partial charge is 0.300 e. The van der Waals surface area contributed by atoms with Gasteiger partial charge in [-0.05, 0) is 81.3 Å². The average Bonchev–Trinajstić information content (AvgIpc) is 3.10. The molecule has 0 aromatic heterocycles. The van der Waals surface area contributed by atoms with Crippen LogP contribution in [-0.2, 0) is 9.59 Å². The highest BCUT2D eigenvalue weighted by Crippen LogP contribution is 2.43. The Morgan fingerprint density at radius 2 is 1.69 bits per heavy atom. The van der Waals surface area contributed by atoms with Crippen molar-refractivity contribution in [3.05, 3.63) is 94.6 Å². The second kappa shape index (κ2) is 9.66. The number of hydrogen-bond acceptors (Lipinski definition) is 5. The van der Waals surface area contributed by atoms with Gasteiger partial charge in [-0.25, -0.2) is 0 Å². The number of ether oxygens (including phenoxy) is 2. The van der Waals surface area contributed by atoms with E-state index in [1.807, 2.05) is 45.9 Å². The molecule has 180 valence electrons. The molecule has 4 rings (SSSR count). The lowest BCUT2D eigenvalue weighted by atomic mass is 9.94. The number of aliphatic hydroxyl groups excluding tert-OH is 1. The molecule has 1 heterocycles. The second-order valence-electron chi connectivity index (χ2n) is 8.93. The number of hydrogen-bond donors (Lipinski definition) is 1. The number of rotatable bonds is 6. The summed E-state index contributed by atoms with van der Waals surface area (Å²) in [4.78, 5) is 28.1. The van der Waals surface area contributed by atoms with E-state index in [9.17, 15) is 14.7 Å². The molecule has 3 aromatic rings. The number of ketones is 1. The van der Waals surface area contributed by atoms with Crippen molar-refractivity contribution in [2.24, 2.45) is 0 Å². The van der Waals surface area contributed by atoms with Crippen molar-refractivity contribution in [1.82, 2.24) is 0 Å². The van der Waals surface area contributed by atoms with E-state index in [4.69, 9.17) is 9.47 Å². The molecule has 0 bridgehead atoms. The van der Waals surface area contributed by atoms with E-state index in [1.165, 1.54) is 4.90 Å². The number of Topliss-reactive ketones (excluding diaryl/α,β-unsaturated/α-hetero) is 1. The molecule has 1 saturated heterocycles. The quantitative estimate of drug-likeness (QED) is 0.282. The van der Waals surface area contributed by atoms with Crippen molar-refractivity contribution in [2.75, 3.05) is 12.0 Å². The number of benzene rings is 3. The number of nitrogens with zero attached hydrogens (tertiary/aromatic N) is 1. The molecule has 6 nitrogen and oxygen atoms in total. The van der Waals surface area contributed by atoms with E-state index in [1.54, 1.807) is 55.6 Å². The Kier molecular flexibility index (Phi) is 6.65. The molecule has 1 fully saturated rings.